The highest BCUT2D eigenvalue weighted by molar-refractivity contribution is 5.77. The largest absolute Gasteiger partial charge is 0.381 e. The van der Waals surface area contributed by atoms with Gasteiger partial charge in [-0.1, -0.05) is 0 Å². The van der Waals surface area contributed by atoms with E-state index in [-0.39, 0.29) is 11.8 Å². The smallest absolute Gasteiger partial charge is 0.251 e. The summed E-state index contributed by atoms with van der Waals surface area (Å²) in [6, 6.07) is 0. The topological polar surface area (TPSA) is 38.8 Å². The molecule has 0 aromatic heterocycles. The Morgan fingerprint density at radius 3 is 2.92 bits per heavy atom. The van der Waals surface area contributed by atoms with Gasteiger partial charge in [0.15, 0.2) is 0 Å². The molecule has 4 nitrogen and oxygen atoms in total. The average Bonchev–Trinajstić information content (AvgIpc) is 2.17. The minimum absolute atomic E-state index is 0.0105. The summed E-state index contributed by atoms with van der Waals surface area (Å²) in [6.45, 7) is 1.31. The second kappa shape index (κ2) is 4.42. The van der Waals surface area contributed by atoms with E-state index in [4.69, 9.17) is 9.57 Å². The van der Waals surface area contributed by atoms with Crippen LogP contribution in [0.5, 0.6) is 0 Å². The van der Waals surface area contributed by atoms with Gasteiger partial charge < -0.3 is 4.74 Å². The standard InChI is InChI=1S/C8H15NO3/c1-9(11-2)8(10)7-4-3-5-12-6-7/h7H,3-6H2,1-2H3. The van der Waals surface area contributed by atoms with Gasteiger partial charge in [-0.3, -0.25) is 9.63 Å². The van der Waals surface area contributed by atoms with E-state index < -0.39 is 0 Å². The lowest BCUT2D eigenvalue weighted by atomic mass is 10.0. The predicted octanol–water partition coefficient (Wildman–Crippen LogP) is 0.433. The van der Waals surface area contributed by atoms with Crippen molar-refractivity contribution in [2.75, 3.05) is 27.4 Å². The third-order valence-electron chi connectivity index (χ3n) is 2.09. The van der Waals surface area contributed by atoms with Crippen molar-refractivity contribution in [1.29, 1.82) is 0 Å². The first-order valence-electron chi connectivity index (χ1n) is 4.15. The van der Waals surface area contributed by atoms with Crippen molar-refractivity contribution in [2.45, 2.75) is 12.8 Å². The third kappa shape index (κ3) is 2.19. The third-order valence-corrected chi connectivity index (χ3v) is 2.09. The van der Waals surface area contributed by atoms with Gasteiger partial charge in [0.2, 0.25) is 0 Å². The Bertz CT molecular complexity index is 154. The van der Waals surface area contributed by atoms with Crippen molar-refractivity contribution >= 4 is 5.91 Å². The molecule has 0 aliphatic carbocycles. The molecule has 1 rings (SSSR count). The lowest BCUT2D eigenvalue weighted by Gasteiger charge is -2.24. The van der Waals surface area contributed by atoms with Gasteiger partial charge in [0.05, 0.1) is 19.6 Å². The van der Waals surface area contributed by atoms with Gasteiger partial charge in [-0.15, -0.1) is 0 Å². The minimum atomic E-state index is -0.0105. The molecule has 1 unspecified atom stereocenters. The van der Waals surface area contributed by atoms with Gasteiger partial charge in [0, 0.05) is 13.7 Å². The maximum Gasteiger partial charge on any atom is 0.251 e. The fourth-order valence-corrected chi connectivity index (χ4v) is 1.28. The first-order chi connectivity index (χ1) is 5.75. The SMILES string of the molecule is CON(C)C(=O)C1CCCOC1. The van der Waals surface area contributed by atoms with Crippen LogP contribution in [0, 0.1) is 5.92 Å². The summed E-state index contributed by atoms with van der Waals surface area (Å²) in [5.74, 6) is 0.000833. The molecule has 1 amide bonds. The predicted molar refractivity (Wildman–Crippen MR) is 43.3 cm³/mol. The van der Waals surface area contributed by atoms with Crippen molar-refractivity contribution in [3.63, 3.8) is 0 Å². The molecule has 1 aliphatic heterocycles. The average molecular weight is 173 g/mol. The monoisotopic (exact) mass is 173 g/mol. The van der Waals surface area contributed by atoms with E-state index in [1.54, 1.807) is 7.05 Å². The van der Waals surface area contributed by atoms with Crippen LogP contribution in [0.4, 0.5) is 0 Å². The first kappa shape index (κ1) is 9.48. The van der Waals surface area contributed by atoms with E-state index in [9.17, 15) is 4.79 Å². The summed E-state index contributed by atoms with van der Waals surface area (Å²) in [6.07, 6.45) is 1.88. The maximum atomic E-state index is 11.5. The van der Waals surface area contributed by atoms with Crippen LogP contribution >= 0.6 is 0 Å². The van der Waals surface area contributed by atoms with Crippen LogP contribution in [0.3, 0.4) is 0 Å². The number of rotatable bonds is 2. The summed E-state index contributed by atoms with van der Waals surface area (Å²) in [5.41, 5.74) is 0. The number of carbonyl (C=O) groups excluding carboxylic acids is 1. The number of carbonyl (C=O) groups is 1. The summed E-state index contributed by atoms with van der Waals surface area (Å²) in [7, 11) is 3.11. The van der Waals surface area contributed by atoms with E-state index in [1.165, 1.54) is 12.2 Å². The molecule has 12 heavy (non-hydrogen) atoms. The number of hydroxylamine groups is 2. The van der Waals surface area contributed by atoms with E-state index in [1.807, 2.05) is 0 Å². The summed E-state index contributed by atoms with van der Waals surface area (Å²) >= 11 is 0. The van der Waals surface area contributed by atoms with Gasteiger partial charge in [0.25, 0.3) is 5.91 Å². The number of ether oxygens (including phenoxy) is 1. The molecule has 1 atom stereocenters. The van der Waals surface area contributed by atoms with Gasteiger partial charge in [0.1, 0.15) is 0 Å². The van der Waals surface area contributed by atoms with Crippen LogP contribution < -0.4 is 0 Å². The molecule has 1 fully saturated rings. The molecule has 0 N–H and O–H groups in total. The van der Waals surface area contributed by atoms with Crippen LogP contribution in [-0.2, 0) is 14.4 Å². The Hall–Kier alpha value is -0.610. The quantitative estimate of drug-likeness (QED) is 0.568. The molecule has 0 spiro atoms. The second-order valence-electron chi connectivity index (χ2n) is 2.93. The van der Waals surface area contributed by atoms with E-state index >= 15 is 0 Å². The highest BCUT2D eigenvalue weighted by Crippen LogP contribution is 2.15. The van der Waals surface area contributed by atoms with Gasteiger partial charge in [-0.05, 0) is 12.8 Å². The molecule has 0 aromatic carbocycles. The van der Waals surface area contributed by atoms with E-state index in [0.29, 0.717) is 6.61 Å². The van der Waals surface area contributed by atoms with Crippen LogP contribution in [0.25, 0.3) is 0 Å². The Kier molecular flexibility index (Phi) is 3.49. The summed E-state index contributed by atoms with van der Waals surface area (Å²) < 4.78 is 5.19. The minimum Gasteiger partial charge on any atom is -0.381 e. The highest BCUT2D eigenvalue weighted by atomic mass is 16.7. The maximum absolute atomic E-state index is 11.5. The van der Waals surface area contributed by atoms with Crippen molar-refractivity contribution in [1.82, 2.24) is 5.06 Å². The number of hydrogen-bond donors (Lipinski definition) is 0. The van der Waals surface area contributed by atoms with Gasteiger partial charge >= 0.3 is 0 Å². The molecule has 0 saturated carbocycles. The molecule has 70 valence electrons. The molecular formula is C8H15NO3. The zero-order valence-electron chi connectivity index (χ0n) is 7.58. The van der Waals surface area contributed by atoms with Crippen LogP contribution in [0.2, 0.25) is 0 Å². The molecule has 1 saturated heterocycles. The Labute approximate surface area is 72.4 Å². The molecule has 0 bridgehead atoms. The molecule has 4 heteroatoms. The van der Waals surface area contributed by atoms with Crippen molar-refractivity contribution in [3.05, 3.63) is 0 Å². The zero-order chi connectivity index (χ0) is 8.97. The Morgan fingerprint density at radius 1 is 1.67 bits per heavy atom. The normalized spacial score (nSPS) is 23.7. The molecule has 0 aromatic rings. The van der Waals surface area contributed by atoms with E-state index in [2.05, 4.69) is 0 Å². The summed E-state index contributed by atoms with van der Waals surface area (Å²) in [4.78, 5) is 16.2. The van der Waals surface area contributed by atoms with Gasteiger partial charge in [-0.2, -0.15) is 0 Å². The lowest BCUT2D eigenvalue weighted by molar-refractivity contribution is -0.177. The molecular weight excluding hydrogens is 158 g/mol. The summed E-state index contributed by atoms with van der Waals surface area (Å²) in [5, 5.41) is 1.26. The van der Waals surface area contributed by atoms with Crippen molar-refractivity contribution < 1.29 is 14.4 Å². The van der Waals surface area contributed by atoms with Crippen LogP contribution in [-0.4, -0.2) is 38.3 Å². The van der Waals surface area contributed by atoms with Gasteiger partial charge in [-0.25, -0.2) is 5.06 Å². The molecule has 1 heterocycles. The number of amides is 1. The molecule has 0 radical (unpaired) electrons. The van der Waals surface area contributed by atoms with E-state index in [0.717, 1.165) is 19.4 Å². The Balaban J connectivity index is 2.39. The van der Waals surface area contributed by atoms with Crippen molar-refractivity contribution in [2.24, 2.45) is 5.92 Å². The highest BCUT2D eigenvalue weighted by Gasteiger charge is 2.24. The fraction of sp³-hybridized carbons (Fsp3) is 0.875. The number of nitrogens with zero attached hydrogens (tertiary/aromatic N) is 1. The Morgan fingerprint density at radius 2 is 2.42 bits per heavy atom. The van der Waals surface area contributed by atoms with Crippen molar-refractivity contribution in [3.8, 4) is 0 Å². The second-order valence-corrected chi connectivity index (χ2v) is 2.93. The van der Waals surface area contributed by atoms with Crippen LogP contribution in [0.1, 0.15) is 12.8 Å². The molecule has 1 aliphatic rings. The lowest BCUT2D eigenvalue weighted by Crippen LogP contribution is -2.36. The zero-order valence-corrected chi connectivity index (χ0v) is 7.58. The first-order valence-corrected chi connectivity index (χ1v) is 4.15. The van der Waals surface area contributed by atoms with Crippen LogP contribution in [0.15, 0.2) is 0 Å². The number of hydrogen-bond acceptors (Lipinski definition) is 3. The fourth-order valence-electron chi connectivity index (χ4n) is 1.28.